The summed E-state index contributed by atoms with van der Waals surface area (Å²) in [5, 5.41) is 2.77. The summed E-state index contributed by atoms with van der Waals surface area (Å²) in [6.45, 7) is 5.25. The van der Waals surface area contributed by atoms with E-state index < -0.39 is 10.0 Å². The highest BCUT2D eigenvalue weighted by Crippen LogP contribution is 2.21. The molecule has 3 rings (SSSR count). The van der Waals surface area contributed by atoms with E-state index in [1.165, 1.54) is 24.3 Å². The fourth-order valence-corrected chi connectivity index (χ4v) is 4.57. The van der Waals surface area contributed by atoms with Gasteiger partial charge in [0.25, 0.3) is 10.0 Å². The van der Waals surface area contributed by atoms with Gasteiger partial charge in [-0.3, -0.25) is 19.4 Å². The summed E-state index contributed by atoms with van der Waals surface area (Å²) >= 11 is 0. The Bertz CT molecular complexity index is 1050. The number of hydrogen-bond donors (Lipinski definition) is 2. The Balaban J connectivity index is 1.65. The Kier molecular flexibility index (Phi) is 7.40. The summed E-state index contributed by atoms with van der Waals surface area (Å²) in [6.07, 6.45) is 1.44. The molecule has 9 heteroatoms. The number of nitrogens with zero attached hydrogens (tertiary/aromatic N) is 2. The van der Waals surface area contributed by atoms with Gasteiger partial charge in [0.05, 0.1) is 11.4 Å². The number of benzene rings is 2. The molecule has 2 aromatic rings. The molecule has 0 fully saturated rings. The third-order valence-electron chi connectivity index (χ3n) is 5.21. The zero-order chi connectivity index (χ0) is 22.4. The molecule has 2 N–H and O–H groups in total. The van der Waals surface area contributed by atoms with E-state index in [0.717, 1.165) is 12.0 Å². The number of amidine groups is 1. The number of likely N-dealkylation sites (N-methyl/N-ethyl adjacent to an activating group) is 1. The molecule has 0 radical (unpaired) electrons. The molecular weight excluding hydrogens is 419 g/mol. The number of hydrogen-bond acceptors (Lipinski definition) is 5. The first-order chi connectivity index (χ1) is 14.8. The zero-order valence-electron chi connectivity index (χ0n) is 17.6. The van der Waals surface area contributed by atoms with E-state index in [0.29, 0.717) is 31.0 Å². The highest BCUT2D eigenvalue weighted by Gasteiger charge is 2.20. The number of amides is 1. The fourth-order valence-electron chi connectivity index (χ4n) is 3.44. The monoisotopic (exact) mass is 446 g/mol. The van der Waals surface area contributed by atoms with Crippen LogP contribution in [0, 0.1) is 5.82 Å². The van der Waals surface area contributed by atoms with Crippen LogP contribution in [0.2, 0.25) is 0 Å². The lowest BCUT2D eigenvalue weighted by atomic mass is 10.1. The second-order valence-electron chi connectivity index (χ2n) is 7.40. The highest BCUT2D eigenvalue weighted by molar-refractivity contribution is 7.90. The van der Waals surface area contributed by atoms with Gasteiger partial charge in [-0.25, -0.2) is 12.8 Å². The van der Waals surface area contributed by atoms with Crippen molar-refractivity contribution in [1.29, 1.82) is 0 Å². The van der Waals surface area contributed by atoms with Crippen molar-refractivity contribution in [3.05, 3.63) is 59.9 Å². The molecule has 1 amide bonds. The van der Waals surface area contributed by atoms with Crippen LogP contribution in [-0.4, -0.2) is 44.7 Å². The lowest BCUT2D eigenvalue weighted by Crippen LogP contribution is -2.35. The van der Waals surface area contributed by atoms with Crippen LogP contribution in [0.5, 0.6) is 0 Å². The van der Waals surface area contributed by atoms with Gasteiger partial charge in [0.2, 0.25) is 5.91 Å². The van der Waals surface area contributed by atoms with E-state index in [9.17, 15) is 17.6 Å². The third kappa shape index (κ3) is 6.11. The zero-order valence-corrected chi connectivity index (χ0v) is 18.5. The lowest BCUT2D eigenvalue weighted by Gasteiger charge is -2.27. The topological polar surface area (TPSA) is 90.9 Å². The normalized spacial score (nSPS) is 14.9. The first-order valence-electron chi connectivity index (χ1n) is 10.2. The molecule has 1 aliphatic rings. The van der Waals surface area contributed by atoms with Crippen molar-refractivity contribution in [3.8, 4) is 0 Å². The molecule has 1 aliphatic heterocycles. The summed E-state index contributed by atoms with van der Waals surface area (Å²) in [4.78, 5) is 18.8. The molecule has 2 aromatic carbocycles. The molecular formula is C22H27FN4O3S. The molecule has 1 unspecified atom stereocenters. The number of rotatable bonds is 8. The second kappa shape index (κ2) is 10.0. The lowest BCUT2D eigenvalue weighted by molar-refractivity contribution is -0.117. The van der Waals surface area contributed by atoms with Gasteiger partial charge in [0, 0.05) is 24.7 Å². The standard InChI is InChI=1S/C22H27FN4O3S/c1-3-27(16(2)17-9-11-18(23)12-10-17)15-22(28)25-19-6-4-7-20(14-19)31(29,30)26-21-8-5-13-24-21/h4,6-7,9-12,14,16H,3,5,8,13,15H2,1-2H3,(H,24,26)(H,25,28). The Hall–Kier alpha value is -2.78. The van der Waals surface area contributed by atoms with Crippen molar-refractivity contribution in [1.82, 2.24) is 9.62 Å². The van der Waals surface area contributed by atoms with E-state index in [2.05, 4.69) is 15.0 Å². The molecule has 166 valence electrons. The minimum atomic E-state index is -3.76. The van der Waals surface area contributed by atoms with Gasteiger partial charge in [0.1, 0.15) is 11.7 Å². The van der Waals surface area contributed by atoms with Crippen molar-refractivity contribution < 1.29 is 17.6 Å². The summed E-state index contributed by atoms with van der Waals surface area (Å²) in [5.41, 5.74) is 1.30. The molecule has 0 aromatic heterocycles. The maximum Gasteiger partial charge on any atom is 0.262 e. The third-order valence-corrected chi connectivity index (χ3v) is 6.59. The minimum Gasteiger partial charge on any atom is -0.325 e. The van der Waals surface area contributed by atoms with Crippen LogP contribution in [-0.2, 0) is 14.8 Å². The number of carbonyl (C=O) groups is 1. The van der Waals surface area contributed by atoms with Crippen LogP contribution >= 0.6 is 0 Å². The number of aliphatic imine (C=N–C) groups is 1. The number of anilines is 1. The number of halogens is 1. The minimum absolute atomic E-state index is 0.0620. The van der Waals surface area contributed by atoms with Gasteiger partial charge >= 0.3 is 0 Å². The van der Waals surface area contributed by atoms with E-state index in [-0.39, 0.29) is 29.2 Å². The van der Waals surface area contributed by atoms with Crippen molar-refractivity contribution in [2.45, 2.75) is 37.6 Å². The first-order valence-corrected chi connectivity index (χ1v) is 11.7. The molecule has 7 nitrogen and oxygen atoms in total. The van der Waals surface area contributed by atoms with Crippen molar-refractivity contribution in [2.24, 2.45) is 4.99 Å². The molecule has 0 spiro atoms. The van der Waals surface area contributed by atoms with Crippen LogP contribution in [0.4, 0.5) is 10.1 Å². The number of sulfonamides is 1. The van der Waals surface area contributed by atoms with E-state index in [1.54, 1.807) is 24.3 Å². The van der Waals surface area contributed by atoms with Gasteiger partial charge in [-0.05, 0) is 55.8 Å². The summed E-state index contributed by atoms with van der Waals surface area (Å²) in [6, 6.07) is 12.3. The van der Waals surface area contributed by atoms with Crippen LogP contribution in [0.1, 0.15) is 38.3 Å². The predicted octanol–water partition coefficient (Wildman–Crippen LogP) is 3.32. The maximum atomic E-state index is 13.2. The Morgan fingerprint density at radius 3 is 2.61 bits per heavy atom. The van der Waals surface area contributed by atoms with Gasteiger partial charge in [0.15, 0.2) is 0 Å². The number of carbonyl (C=O) groups excluding carboxylic acids is 1. The van der Waals surface area contributed by atoms with Gasteiger partial charge in [-0.15, -0.1) is 0 Å². The van der Waals surface area contributed by atoms with Crippen molar-refractivity contribution >= 4 is 27.5 Å². The second-order valence-corrected chi connectivity index (χ2v) is 9.09. The first kappa shape index (κ1) is 22.9. The molecule has 1 heterocycles. The number of nitrogens with one attached hydrogen (secondary N) is 2. The van der Waals surface area contributed by atoms with Crippen LogP contribution in [0.3, 0.4) is 0 Å². The largest absolute Gasteiger partial charge is 0.325 e. The molecule has 0 aliphatic carbocycles. The average Bonchev–Trinajstić information content (AvgIpc) is 3.24. The highest BCUT2D eigenvalue weighted by atomic mass is 32.2. The van der Waals surface area contributed by atoms with Gasteiger partial charge < -0.3 is 5.32 Å². The Morgan fingerprint density at radius 2 is 1.97 bits per heavy atom. The average molecular weight is 447 g/mol. The SMILES string of the molecule is CCN(CC(=O)Nc1cccc(S(=O)(=O)NC2=NCCC2)c1)C(C)c1ccc(F)cc1. The maximum absolute atomic E-state index is 13.2. The summed E-state index contributed by atoms with van der Waals surface area (Å²) < 4.78 is 40.9. The molecule has 0 saturated carbocycles. The predicted molar refractivity (Wildman–Crippen MR) is 119 cm³/mol. The molecule has 1 atom stereocenters. The van der Waals surface area contributed by atoms with Crippen molar-refractivity contribution in [3.63, 3.8) is 0 Å². The van der Waals surface area contributed by atoms with Crippen LogP contribution in [0.15, 0.2) is 58.4 Å². The van der Waals surface area contributed by atoms with E-state index in [1.807, 2.05) is 18.7 Å². The van der Waals surface area contributed by atoms with Crippen LogP contribution < -0.4 is 10.0 Å². The van der Waals surface area contributed by atoms with Crippen molar-refractivity contribution in [2.75, 3.05) is 25.0 Å². The van der Waals surface area contributed by atoms with Gasteiger partial charge in [-0.1, -0.05) is 25.1 Å². The summed E-state index contributed by atoms with van der Waals surface area (Å²) in [5.74, 6) is -0.109. The van der Waals surface area contributed by atoms with E-state index in [4.69, 9.17) is 0 Å². The quantitative estimate of drug-likeness (QED) is 0.651. The smallest absolute Gasteiger partial charge is 0.262 e. The molecule has 0 bridgehead atoms. The fraction of sp³-hybridized carbons (Fsp3) is 0.364. The molecule has 31 heavy (non-hydrogen) atoms. The van der Waals surface area contributed by atoms with E-state index >= 15 is 0 Å². The van der Waals surface area contributed by atoms with Gasteiger partial charge in [-0.2, -0.15) is 0 Å². The Labute approximate surface area is 182 Å². The molecule has 0 saturated heterocycles. The Morgan fingerprint density at radius 1 is 1.23 bits per heavy atom. The van der Waals surface area contributed by atoms with Crippen LogP contribution in [0.25, 0.3) is 0 Å². The summed E-state index contributed by atoms with van der Waals surface area (Å²) in [7, 11) is -3.76.